The van der Waals surface area contributed by atoms with Crippen molar-refractivity contribution in [1.82, 2.24) is 0 Å². The van der Waals surface area contributed by atoms with Gasteiger partial charge in [0.1, 0.15) is 0 Å². The van der Waals surface area contributed by atoms with Crippen molar-refractivity contribution in [1.29, 1.82) is 0 Å². The van der Waals surface area contributed by atoms with Crippen molar-refractivity contribution in [2.24, 2.45) is 28.1 Å². The van der Waals surface area contributed by atoms with Gasteiger partial charge in [0.15, 0.2) is 5.79 Å². The number of aliphatic hydroxyl groups excluding tert-OH is 2. The van der Waals surface area contributed by atoms with Crippen molar-refractivity contribution >= 4 is 0 Å². The number of hydrogen-bond donors (Lipinski definition) is 2. The summed E-state index contributed by atoms with van der Waals surface area (Å²) in [6.45, 7) is 10.3. The van der Waals surface area contributed by atoms with Crippen molar-refractivity contribution in [3.05, 3.63) is 23.3 Å². The van der Waals surface area contributed by atoms with Crippen molar-refractivity contribution in [2.75, 3.05) is 13.2 Å². The summed E-state index contributed by atoms with van der Waals surface area (Å²) in [7, 11) is 0. The highest BCUT2D eigenvalue weighted by atomic mass is 16.7. The summed E-state index contributed by atoms with van der Waals surface area (Å²) < 4.78 is 12.5. The van der Waals surface area contributed by atoms with Gasteiger partial charge in [-0.25, -0.2) is 0 Å². The first kappa shape index (κ1) is 20.2. The van der Waals surface area contributed by atoms with Crippen LogP contribution in [0.25, 0.3) is 0 Å². The van der Waals surface area contributed by atoms with Crippen LogP contribution in [0.3, 0.4) is 0 Å². The first-order chi connectivity index (χ1) is 13.7. The molecule has 0 radical (unpaired) electrons. The molecular weight excluding hydrogens is 364 g/mol. The third kappa shape index (κ3) is 2.35. The van der Waals surface area contributed by atoms with Gasteiger partial charge >= 0.3 is 0 Å². The Morgan fingerprint density at radius 3 is 2.52 bits per heavy atom. The molecule has 3 fully saturated rings. The lowest BCUT2D eigenvalue weighted by Gasteiger charge is -2.62. The fourth-order valence-electron chi connectivity index (χ4n) is 8.39. The Labute approximate surface area is 175 Å². The number of fused-ring (bicyclic) bond motifs is 5. The van der Waals surface area contributed by atoms with Crippen LogP contribution in [-0.2, 0) is 9.47 Å². The molecule has 4 heteroatoms. The summed E-state index contributed by atoms with van der Waals surface area (Å²) in [6, 6.07) is 0. The average molecular weight is 403 g/mol. The molecule has 2 N–H and O–H groups in total. The van der Waals surface area contributed by atoms with Gasteiger partial charge in [-0.2, -0.15) is 0 Å². The Kier molecular flexibility index (Phi) is 4.48. The molecule has 1 heterocycles. The molecular formula is C25H38O4. The second-order valence-electron chi connectivity index (χ2n) is 10.9. The molecule has 162 valence electrons. The predicted octanol–water partition coefficient (Wildman–Crippen LogP) is 4.36. The van der Waals surface area contributed by atoms with Gasteiger partial charge in [-0.05, 0) is 69.1 Å². The molecule has 7 atom stereocenters. The molecule has 29 heavy (non-hydrogen) atoms. The smallest absolute Gasteiger partial charge is 0.172 e. The van der Waals surface area contributed by atoms with E-state index >= 15 is 0 Å². The summed E-state index contributed by atoms with van der Waals surface area (Å²) in [5, 5.41) is 22.0. The van der Waals surface area contributed by atoms with Gasteiger partial charge in [0.25, 0.3) is 0 Å². The Hall–Kier alpha value is -0.680. The fourth-order valence-corrected chi connectivity index (χ4v) is 8.39. The van der Waals surface area contributed by atoms with E-state index < -0.39 is 11.9 Å². The summed E-state index contributed by atoms with van der Waals surface area (Å²) in [4.78, 5) is 0. The molecule has 4 nitrogen and oxygen atoms in total. The van der Waals surface area contributed by atoms with E-state index in [0.717, 1.165) is 44.9 Å². The third-order valence-electron chi connectivity index (χ3n) is 10.2. The van der Waals surface area contributed by atoms with Crippen LogP contribution in [0, 0.1) is 28.1 Å². The summed E-state index contributed by atoms with van der Waals surface area (Å²) in [6.07, 6.45) is 10.7. The van der Waals surface area contributed by atoms with Crippen LogP contribution in [0.4, 0.5) is 0 Å². The maximum atomic E-state index is 11.8. The highest BCUT2D eigenvalue weighted by Gasteiger charge is 2.70. The monoisotopic (exact) mass is 402 g/mol. The molecule has 5 aliphatic rings. The number of ether oxygens (including phenoxy) is 2. The summed E-state index contributed by atoms with van der Waals surface area (Å²) in [5.74, 6) is 0.290. The lowest BCUT2D eigenvalue weighted by Crippen LogP contribution is -2.62. The molecule has 0 spiro atoms. The number of aliphatic hydroxyl groups is 2. The van der Waals surface area contributed by atoms with Crippen molar-refractivity contribution < 1.29 is 19.7 Å². The van der Waals surface area contributed by atoms with E-state index in [4.69, 9.17) is 9.47 Å². The molecule has 1 saturated heterocycles. The minimum absolute atomic E-state index is 0.104. The molecule has 2 saturated carbocycles. The second kappa shape index (κ2) is 6.41. The zero-order chi connectivity index (χ0) is 20.7. The molecule has 0 bridgehead atoms. The second-order valence-corrected chi connectivity index (χ2v) is 10.9. The molecule has 0 aromatic carbocycles. The molecule has 5 rings (SSSR count). The zero-order valence-corrected chi connectivity index (χ0v) is 18.5. The van der Waals surface area contributed by atoms with E-state index in [9.17, 15) is 10.2 Å². The minimum atomic E-state index is -0.642. The maximum Gasteiger partial charge on any atom is 0.172 e. The van der Waals surface area contributed by atoms with Gasteiger partial charge in [-0.1, -0.05) is 44.1 Å². The topological polar surface area (TPSA) is 58.9 Å². The number of allylic oxidation sites excluding steroid dienone is 2. The van der Waals surface area contributed by atoms with Gasteiger partial charge in [0.2, 0.25) is 0 Å². The number of rotatable bonds is 2. The molecule has 0 aromatic rings. The van der Waals surface area contributed by atoms with Crippen LogP contribution in [-0.4, -0.2) is 41.4 Å². The summed E-state index contributed by atoms with van der Waals surface area (Å²) >= 11 is 0. The predicted molar refractivity (Wildman–Crippen MR) is 112 cm³/mol. The standard InChI is InChI=1S/C25H38O4/c1-5-25(24(4)28-12-13-29-24)11-9-19-18-7-6-16-14-17(26)8-10-22(16,2)20(18)15-21(27)23(19,25)3/h6,9,17-18,20-21,26-27H,5,7-8,10-15H2,1-4H3. The Balaban J connectivity index is 1.56. The van der Waals surface area contributed by atoms with E-state index in [0.29, 0.717) is 25.0 Å². The van der Waals surface area contributed by atoms with Crippen LogP contribution in [0.2, 0.25) is 0 Å². The van der Waals surface area contributed by atoms with Crippen LogP contribution in [0.15, 0.2) is 23.3 Å². The Morgan fingerprint density at radius 1 is 1.10 bits per heavy atom. The van der Waals surface area contributed by atoms with Gasteiger partial charge < -0.3 is 19.7 Å². The highest BCUT2D eigenvalue weighted by molar-refractivity contribution is 5.39. The lowest BCUT2D eigenvalue weighted by atomic mass is 9.44. The summed E-state index contributed by atoms with van der Waals surface area (Å²) in [5.41, 5.74) is 2.43. The van der Waals surface area contributed by atoms with Crippen molar-refractivity contribution in [3.63, 3.8) is 0 Å². The van der Waals surface area contributed by atoms with Gasteiger partial charge in [0, 0.05) is 10.8 Å². The van der Waals surface area contributed by atoms with Gasteiger partial charge in [0.05, 0.1) is 25.4 Å². The van der Waals surface area contributed by atoms with Gasteiger partial charge in [-0.15, -0.1) is 0 Å². The Bertz CT molecular complexity index is 750. The first-order valence-corrected chi connectivity index (χ1v) is 11.8. The number of hydrogen-bond acceptors (Lipinski definition) is 4. The van der Waals surface area contributed by atoms with Crippen LogP contribution in [0.1, 0.15) is 72.6 Å². The van der Waals surface area contributed by atoms with Crippen LogP contribution in [0.5, 0.6) is 0 Å². The van der Waals surface area contributed by atoms with Gasteiger partial charge in [-0.3, -0.25) is 0 Å². The quantitative estimate of drug-likeness (QED) is 0.674. The molecule has 4 aliphatic carbocycles. The largest absolute Gasteiger partial charge is 0.393 e. The fraction of sp³-hybridized carbons (Fsp3) is 0.840. The van der Waals surface area contributed by atoms with E-state index in [1.54, 1.807) is 0 Å². The van der Waals surface area contributed by atoms with E-state index in [2.05, 4.69) is 39.8 Å². The van der Waals surface area contributed by atoms with Crippen LogP contribution >= 0.6 is 0 Å². The van der Waals surface area contributed by atoms with E-state index in [1.807, 2.05) is 0 Å². The molecule has 1 aliphatic heterocycles. The SMILES string of the molecule is CCC1(C2(C)OCCO2)CC=C2C3CC=C4CC(O)CCC4(C)C3CC(O)C21C. The van der Waals surface area contributed by atoms with Crippen molar-refractivity contribution in [3.8, 4) is 0 Å². The maximum absolute atomic E-state index is 11.8. The van der Waals surface area contributed by atoms with E-state index in [-0.39, 0.29) is 22.3 Å². The highest BCUT2D eigenvalue weighted by Crippen LogP contribution is 2.71. The van der Waals surface area contributed by atoms with E-state index in [1.165, 1.54) is 11.1 Å². The molecule has 0 aromatic heterocycles. The third-order valence-corrected chi connectivity index (χ3v) is 10.2. The zero-order valence-electron chi connectivity index (χ0n) is 18.5. The molecule has 7 unspecified atom stereocenters. The Morgan fingerprint density at radius 2 is 1.83 bits per heavy atom. The van der Waals surface area contributed by atoms with Crippen molar-refractivity contribution in [2.45, 2.75) is 90.6 Å². The first-order valence-electron chi connectivity index (χ1n) is 11.8. The lowest BCUT2D eigenvalue weighted by molar-refractivity contribution is -0.271. The molecule has 0 amide bonds. The van der Waals surface area contributed by atoms with Crippen LogP contribution < -0.4 is 0 Å². The normalized spacial score (nSPS) is 51.0. The minimum Gasteiger partial charge on any atom is -0.393 e. The average Bonchev–Trinajstić information content (AvgIpc) is 3.27.